The molecule has 31 heavy (non-hydrogen) atoms. The lowest BCUT2D eigenvalue weighted by molar-refractivity contribution is 0.222. The average molecular weight is 410 g/mol. The van der Waals surface area contributed by atoms with E-state index in [0.717, 1.165) is 33.7 Å². The molecule has 0 saturated carbocycles. The van der Waals surface area contributed by atoms with Crippen molar-refractivity contribution in [3.8, 4) is 5.75 Å². The number of hydrogen-bond donors (Lipinski definition) is 1. The molecule has 0 aliphatic carbocycles. The van der Waals surface area contributed by atoms with Crippen molar-refractivity contribution in [2.75, 3.05) is 5.32 Å². The minimum Gasteiger partial charge on any atom is -0.480 e. The number of aryl methyl sites for hydroxylation is 1. The Hall–Kier alpha value is -3.93. The van der Waals surface area contributed by atoms with Crippen molar-refractivity contribution in [1.82, 2.24) is 14.8 Å². The Labute approximate surface area is 178 Å². The first-order chi connectivity index (χ1) is 15.2. The van der Waals surface area contributed by atoms with E-state index in [1.54, 1.807) is 12.4 Å². The summed E-state index contributed by atoms with van der Waals surface area (Å²) in [6, 6.07) is 22.6. The van der Waals surface area contributed by atoms with E-state index in [1.807, 2.05) is 35.0 Å². The van der Waals surface area contributed by atoms with Gasteiger partial charge in [0.1, 0.15) is 30.0 Å². The van der Waals surface area contributed by atoms with Gasteiger partial charge in [-0.05, 0) is 42.3 Å². The highest BCUT2D eigenvalue weighted by Gasteiger charge is 2.40. The van der Waals surface area contributed by atoms with Crippen LogP contribution in [0, 0.1) is 12.7 Å². The highest BCUT2D eigenvalue weighted by molar-refractivity contribution is 5.85. The van der Waals surface area contributed by atoms with Crippen LogP contribution in [0.4, 0.5) is 10.3 Å². The van der Waals surface area contributed by atoms with E-state index in [1.165, 1.54) is 17.7 Å². The largest absolute Gasteiger partial charge is 0.480 e. The predicted octanol–water partition coefficient (Wildman–Crippen LogP) is 5.29. The molecule has 0 fully saturated rings. The van der Waals surface area contributed by atoms with E-state index in [-0.39, 0.29) is 11.9 Å². The molecule has 152 valence electrons. The van der Waals surface area contributed by atoms with Gasteiger partial charge >= 0.3 is 0 Å². The zero-order valence-electron chi connectivity index (χ0n) is 16.8. The van der Waals surface area contributed by atoms with Crippen LogP contribution < -0.4 is 10.1 Å². The molecule has 1 N–H and O–H groups in total. The van der Waals surface area contributed by atoms with Gasteiger partial charge in [-0.2, -0.15) is 10.1 Å². The van der Waals surface area contributed by atoms with Crippen LogP contribution in [0.15, 0.2) is 84.7 Å². The minimum atomic E-state index is -0.475. The van der Waals surface area contributed by atoms with Crippen LogP contribution in [0.2, 0.25) is 0 Å². The normalized spacial score (nSPS) is 19.0. The number of halogens is 1. The maximum absolute atomic E-state index is 14.2. The molecule has 2 aliphatic heterocycles. The molecular formula is C25H19FN4O. The second kappa shape index (κ2) is 6.80. The molecule has 0 radical (unpaired) electrons. The fourth-order valence-electron chi connectivity index (χ4n) is 4.43. The smallest absolute Gasteiger partial charge is 0.226 e. The van der Waals surface area contributed by atoms with Gasteiger partial charge in [-0.15, -0.1) is 0 Å². The van der Waals surface area contributed by atoms with Crippen molar-refractivity contribution in [3.63, 3.8) is 0 Å². The molecule has 0 spiro atoms. The van der Waals surface area contributed by atoms with Gasteiger partial charge < -0.3 is 10.1 Å². The van der Waals surface area contributed by atoms with Crippen molar-refractivity contribution >= 4 is 11.6 Å². The molecule has 3 aromatic carbocycles. The third-order valence-corrected chi connectivity index (χ3v) is 5.87. The molecule has 0 unspecified atom stereocenters. The molecule has 5 nitrogen and oxygen atoms in total. The SMILES string of the molecule is Cc1ccc([C@@H]2C3=C(Nc4ncnn42)c2ccccc2O[C@@H]3c2cccc(F)c2)cc1. The van der Waals surface area contributed by atoms with E-state index in [9.17, 15) is 4.39 Å². The zero-order chi connectivity index (χ0) is 20.9. The number of rotatable bonds is 2. The van der Waals surface area contributed by atoms with Gasteiger partial charge in [0, 0.05) is 11.1 Å². The highest BCUT2D eigenvalue weighted by atomic mass is 19.1. The number of hydrogen-bond acceptors (Lipinski definition) is 4. The first-order valence-corrected chi connectivity index (χ1v) is 10.2. The molecule has 4 aromatic rings. The summed E-state index contributed by atoms with van der Waals surface area (Å²) in [4.78, 5) is 4.43. The van der Waals surface area contributed by atoms with Crippen molar-refractivity contribution < 1.29 is 9.13 Å². The number of nitrogens with zero attached hydrogens (tertiary/aromatic N) is 3. The first-order valence-electron chi connectivity index (χ1n) is 10.2. The Morgan fingerprint density at radius 3 is 2.65 bits per heavy atom. The van der Waals surface area contributed by atoms with Crippen LogP contribution in [0.3, 0.4) is 0 Å². The topological polar surface area (TPSA) is 52.0 Å². The Balaban J connectivity index is 1.63. The third-order valence-electron chi connectivity index (χ3n) is 5.87. The molecule has 2 atom stereocenters. The van der Waals surface area contributed by atoms with Crippen molar-refractivity contribution in [2.24, 2.45) is 0 Å². The fraction of sp³-hybridized carbons (Fsp3) is 0.120. The summed E-state index contributed by atoms with van der Waals surface area (Å²) in [5.74, 6) is 1.12. The van der Waals surface area contributed by atoms with Crippen LogP contribution in [0.1, 0.15) is 34.4 Å². The van der Waals surface area contributed by atoms with E-state index in [2.05, 4.69) is 46.6 Å². The number of anilines is 1. The van der Waals surface area contributed by atoms with Crippen molar-refractivity contribution in [2.45, 2.75) is 19.1 Å². The van der Waals surface area contributed by atoms with Crippen LogP contribution >= 0.6 is 0 Å². The predicted molar refractivity (Wildman–Crippen MR) is 116 cm³/mol. The molecule has 0 saturated heterocycles. The van der Waals surface area contributed by atoms with Crippen LogP contribution in [-0.2, 0) is 0 Å². The third kappa shape index (κ3) is 2.83. The number of para-hydroxylation sites is 1. The second-order valence-corrected chi connectivity index (χ2v) is 7.85. The lowest BCUT2D eigenvalue weighted by Gasteiger charge is -2.39. The van der Waals surface area contributed by atoms with Gasteiger partial charge in [0.05, 0.1) is 5.70 Å². The number of nitrogens with one attached hydrogen (secondary N) is 1. The van der Waals surface area contributed by atoms with Crippen LogP contribution in [-0.4, -0.2) is 14.8 Å². The molecule has 0 amide bonds. The Bertz CT molecular complexity index is 1330. The van der Waals surface area contributed by atoms with Gasteiger partial charge in [-0.1, -0.05) is 54.1 Å². The van der Waals surface area contributed by atoms with Gasteiger partial charge in [0.15, 0.2) is 0 Å². The maximum atomic E-state index is 14.2. The molecule has 0 bridgehead atoms. The second-order valence-electron chi connectivity index (χ2n) is 7.85. The Morgan fingerprint density at radius 2 is 1.81 bits per heavy atom. The zero-order valence-corrected chi connectivity index (χ0v) is 16.8. The van der Waals surface area contributed by atoms with E-state index >= 15 is 0 Å². The number of benzene rings is 3. The summed E-state index contributed by atoms with van der Waals surface area (Å²) >= 11 is 0. The maximum Gasteiger partial charge on any atom is 0.226 e. The van der Waals surface area contributed by atoms with Crippen molar-refractivity contribution in [1.29, 1.82) is 0 Å². The van der Waals surface area contributed by atoms with Gasteiger partial charge in [-0.3, -0.25) is 0 Å². The summed E-state index contributed by atoms with van der Waals surface area (Å²) in [5.41, 5.74) is 5.86. The van der Waals surface area contributed by atoms with Crippen LogP contribution in [0.5, 0.6) is 5.75 Å². The van der Waals surface area contributed by atoms with Crippen LogP contribution in [0.25, 0.3) is 5.70 Å². The molecular weight excluding hydrogens is 391 g/mol. The average Bonchev–Trinajstić information content (AvgIpc) is 3.26. The monoisotopic (exact) mass is 410 g/mol. The number of ether oxygens (including phenoxy) is 1. The highest BCUT2D eigenvalue weighted by Crippen LogP contribution is 2.50. The molecule has 1 aromatic heterocycles. The Kier molecular flexibility index (Phi) is 3.93. The van der Waals surface area contributed by atoms with E-state index < -0.39 is 6.10 Å². The Morgan fingerprint density at radius 1 is 0.968 bits per heavy atom. The molecule has 6 rings (SSSR count). The first kappa shape index (κ1) is 17.9. The molecule has 6 heteroatoms. The van der Waals surface area contributed by atoms with Gasteiger partial charge in [0.2, 0.25) is 5.95 Å². The van der Waals surface area contributed by atoms with Crippen molar-refractivity contribution in [3.05, 3.63) is 113 Å². The molecule has 3 heterocycles. The lowest BCUT2D eigenvalue weighted by atomic mass is 9.84. The molecule has 2 aliphatic rings. The summed E-state index contributed by atoms with van der Waals surface area (Å²) in [6.07, 6.45) is 1.07. The quantitative estimate of drug-likeness (QED) is 0.488. The van der Waals surface area contributed by atoms with Gasteiger partial charge in [-0.25, -0.2) is 9.07 Å². The summed E-state index contributed by atoms with van der Waals surface area (Å²) in [6.45, 7) is 2.06. The standard InChI is InChI=1S/C25H19FN4O/c1-15-9-11-16(12-10-15)23-21-22(29-25-27-14-28-30(23)25)19-7-2-3-8-20(19)31-24(21)17-5-4-6-18(26)13-17/h2-14,23-24H,1H3,(H,27,28,29)/t23-,24-/m1/s1. The fourth-order valence-corrected chi connectivity index (χ4v) is 4.43. The van der Waals surface area contributed by atoms with Gasteiger partial charge in [0.25, 0.3) is 0 Å². The summed E-state index contributed by atoms with van der Waals surface area (Å²) in [5, 5.41) is 7.96. The number of fused-ring (bicyclic) bond motifs is 3. The van der Waals surface area contributed by atoms with E-state index in [0.29, 0.717) is 5.95 Å². The summed E-state index contributed by atoms with van der Waals surface area (Å²) in [7, 11) is 0. The number of aromatic nitrogens is 3. The van der Waals surface area contributed by atoms with E-state index in [4.69, 9.17) is 4.74 Å². The minimum absolute atomic E-state index is 0.240. The summed E-state index contributed by atoms with van der Waals surface area (Å²) < 4.78 is 22.5. The lowest BCUT2D eigenvalue weighted by Crippen LogP contribution is -2.32.